The van der Waals surface area contributed by atoms with Crippen molar-refractivity contribution in [1.82, 2.24) is 25.1 Å². The van der Waals surface area contributed by atoms with Gasteiger partial charge < -0.3 is 10.1 Å². The third-order valence-electron chi connectivity index (χ3n) is 2.25. The van der Waals surface area contributed by atoms with E-state index in [4.69, 9.17) is 4.74 Å². The van der Waals surface area contributed by atoms with Gasteiger partial charge in [0.05, 0.1) is 12.3 Å². The minimum atomic E-state index is 0.435. The van der Waals surface area contributed by atoms with Gasteiger partial charge >= 0.3 is 0 Å². The maximum absolute atomic E-state index is 5.10. The summed E-state index contributed by atoms with van der Waals surface area (Å²) in [7, 11) is 1.63. The van der Waals surface area contributed by atoms with Crippen LogP contribution in [0.4, 0.5) is 5.82 Å². The van der Waals surface area contributed by atoms with Crippen LogP contribution < -0.4 is 5.32 Å². The van der Waals surface area contributed by atoms with Crippen molar-refractivity contribution in [1.29, 1.82) is 0 Å². The number of nitrogens with zero attached hydrogens (tertiary/aromatic N) is 4. The summed E-state index contributed by atoms with van der Waals surface area (Å²) in [5.41, 5.74) is 0.803. The average Bonchev–Trinajstić information content (AvgIpc) is 2.90. The maximum atomic E-state index is 5.10. The van der Waals surface area contributed by atoms with E-state index in [-0.39, 0.29) is 0 Å². The summed E-state index contributed by atoms with van der Waals surface area (Å²) in [5.74, 6) is 1.83. The molecule has 0 aliphatic heterocycles. The molecule has 2 aromatic rings. The average molecular weight is 248 g/mol. The topological polar surface area (TPSA) is 88.6 Å². The molecule has 2 heterocycles. The van der Waals surface area contributed by atoms with E-state index in [9.17, 15) is 0 Å². The lowest BCUT2D eigenvalue weighted by atomic mass is 10.3. The van der Waals surface area contributed by atoms with Crippen molar-refractivity contribution in [2.75, 3.05) is 19.0 Å². The highest BCUT2D eigenvalue weighted by atomic mass is 16.5. The number of ether oxygens (including phenoxy) is 1. The summed E-state index contributed by atoms with van der Waals surface area (Å²) in [6, 6.07) is 1.87. The van der Waals surface area contributed by atoms with E-state index >= 15 is 0 Å². The third kappa shape index (κ3) is 3.01. The molecule has 0 aliphatic carbocycles. The first-order valence-electron chi connectivity index (χ1n) is 5.80. The first-order chi connectivity index (χ1) is 8.83. The van der Waals surface area contributed by atoms with Crippen LogP contribution in [0.3, 0.4) is 0 Å². The Kier molecular flexibility index (Phi) is 4.19. The number of hydrogen-bond acceptors (Lipinski definition) is 6. The van der Waals surface area contributed by atoms with Crippen molar-refractivity contribution < 1.29 is 4.74 Å². The predicted octanol–water partition coefficient (Wildman–Crippen LogP) is 1.23. The van der Waals surface area contributed by atoms with Gasteiger partial charge in [0.2, 0.25) is 0 Å². The molecule has 96 valence electrons. The lowest BCUT2D eigenvalue weighted by molar-refractivity contribution is 0.181. The molecule has 0 saturated carbocycles. The van der Waals surface area contributed by atoms with Crippen molar-refractivity contribution in [3.05, 3.63) is 18.1 Å². The summed E-state index contributed by atoms with van der Waals surface area (Å²) in [5, 5.41) is 9.78. The zero-order valence-corrected chi connectivity index (χ0v) is 10.5. The monoisotopic (exact) mass is 248 g/mol. The standard InChI is InChI=1S/C11H16N6O/c1-3-4-12-9-5-8(6-18-2)15-11(16-9)10-13-7-14-17-10/h5,7H,3-4,6H2,1-2H3,(H,12,15,16)(H,13,14,17). The Morgan fingerprint density at radius 1 is 1.39 bits per heavy atom. The zero-order chi connectivity index (χ0) is 12.8. The van der Waals surface area contributed by atoms with E-state index in [0.717, 1.165) is 24.5 Å². The number of methoxy groups -OCH3 is 1. The van der Waals surface area contributed by atoms with E-state index in [0.29, 0.717) is 18.3 Å². The van der Waals surface area contributed by atoms with Crippen LogP contribution in [-0.2, 0) is 11.3 Å². The predicted molar refractivity (Wildman–Crippen MR) is 66.9 cm³/mol. The number of rotatable bonds is 6. The SMILES string of the molecule is CCCNc1cc(COC)nc(-c2ncn[nH]2)n1. The molecule has 0 radical (unpaired) electrons. The Hall–Kier alpha value is -2.02. The van der Waals surface area contributed by atoms with Crippen LogP contribution in [0.2, 0.25) is 0 Å². The summed E-state index contributed by atoms with van der Waals surface area (Å²) in [4.78, 5) is 12.8. The van der Waals surface area contributed by atoms with Crippen molar-refractivity contribution in [2.45, 2.75) is 20.0 Å². The van der Waals surface area contributed by atoms with Crippen molar-refractivity contribution in [3.8, 4) is 11.6 Å². The summed E-state index contributed by atoms with van der Waals surface area (Å²) in [6.07, 6.45) is 2.46. The first-order valence-corrected chi connectivity index (χ1v) is 5.80. The van der Waals surface area contributed by atoms with Crippen LogP contribution in [0, 0.1) is 0 Å². The van der Waals surface area contributed by atoms with Crippen molar-refractivity contribution in [2.24, 2.45) is 0 Å². The fourth-order valence-electron chi connectivity index (χ4n) is 1.48. The van der Waals surface area contributed by atoms with Crippen LogP contribution in [0.15, 0.2) is 12.4 Å². The lowest BCUT2D eigenvalue weighted by Crippen LogP contribution is -2.06. The van der Waals surface area contributed by atoms with Crippen LogP contribution >= 0.6 is 0 Å². The first kappa shape index (κ1) is 12.4. The number of anilines is 1. The second kappa shape index (κ2) is 6.06. The second-order valence-corrected chi connectivity index (χ2v) is 3.76. The molecule has 2 rings (SSSR count). The normalized spacial score (nSPS) is 10.6. The van der Waals surface area contributed by atoms with Crippen LogP contribution in [-0.4, -0.2) is 38.8 Å². The van der Waals surface area contributed by atoms with E-state index in [1.807, 2.05) is 6.07 Å². The molecule has 7 heteroatoms. The van der Waals surface area contributed by atoms with Crippen LogP contribution in [0.1, 0.15) is 19.0 Å². The van der Waals surface area contributed by atoms with Gasteiger partial charge in [-0.2, -0.15) is 5.10 Å². The van der Waals surface area contributed by atoms with Gasteiger partial charge in [0, 0.05) is 19.7 Å². The van der Waals surface area contributed by atoms with Gasteiger partial charge in [0.1, 0.15) is 12.1 Å². The molecule has 0 aliphatic rings. The molecule has 0 amide bonds. The minimum absolute atomic E-state index is 0.435. The number of nitrogens with one attached hydrogen (secondary N) is 2. The largest absolute Gasteiger partial charge is 0.378 e. The fourth-order valence-corrected chi connectivity index (χ4v) is 1.48. The fraction of sp³-hybridized carbons (Fsp3) is 0.455. The van der Waals surface area contributed by atoms with E-state index < -0.39 is 0 Å². The molecular formula is C11H16N6O. The van der Waals surface area contributed by atoms with Crippen molar-refractivity contribution >= 4 is 5.82 Å². The Labute approximate surface area is 105 Å². The Morgan fingerprint density at radius 3 is 2.94 bits per heavy atom. The molecule has 0 saturated heterocycles. The number of aromatic nitrogens is 5. The molecule has 0 spiro atoms. The summed E-state index contributed by atoms with van der Waals surface area (Å²) >= 11 is 0. The van der Waals surface area contributed by atoms with E-state index in [1.165, 1.54) is 6.33 Å². The van der Waals surface area contributed by atoms with E-state index in [2.05, 4.69) is 37.4 Å². The molecule has 2 N–H and O–H groups in total. The van der Waals surface area contributed by atoms with E-state index in [1.54, 1.807) is 7.11 Å². The summed E-state index contributed by atoms with van der Waals surface area (Å²) in [6.45, 7) is 3.39. The molecule has 2 aromatic heterocycles. The third-order valence-corrected chi connectivity index (χ3v) is 2.25. The Morgan fingerprint density at radius 2 is 2.28 bits per heavy atom. The van der Waals surface area contributed by atoms with Crippen LogP contribution in [0.5, 0.6) is 0 Å². The molecule has 0 unspecified atom stereocenters. The van der Waals surface area contributed by atoms with Gasteiger partial charge in [-0.05, 0) is 6.42 Å². The lowest BCUT2D eigenvalue weighted by Gasteiger charge is -2.07. The molecule has 0 fully saturated rings. The molecule has 0 bridgehead atoms. The Bertz CT molecular complexity index is 484. The van der Waals surface area contributed by atoms with Gasteiger partial charge in [-0.25, -0.2) is 15.0 Å². The van der Waals surface area contributed by atoms with Crippen LogP contribution in [0.25, 0.3) is 11.6 Å². The Balaban J connectivity index is 2.30. The minimum Gasteiger partial charge on any atom is -0.378 e. The molecule has 0 atom stereocenters. The smallest absolute Gasteiger partial charge is 0.199 e. The number of aromatic amines is 1. The highest BCUT2D eigenvalue weighted by Gasteiger charge is 2.08. The quantitative estimate of drug-likeness (QED) is 0.799. The maximum Gasteiger partial charge on any atom is 0.199 e. The highest BCUT2D eigenvalue weighted by Crippen LogP contribution is 2.14. The van der Waals surface area contributed by atoms with Crippen molar-refractivity contribution in [3.63, 3.8) is 0 Å². The van der Waals surface area contributed by atoms with Gasteiger partial charge in [0.25, 0.3) is 0 Å². The van der Waals surface area contributed by atoms with Gasteiger partial charge in [0.15, 0.2) is 11.6 Å². The molecule has 18 heavy (non-hydrogen) atoms. The van der Waals surface area contributed by atoms with Gasteiger partial charge in [-0.1, -0.05) is 6.92 Å². The molecular weight excluding hydrogens is 232 g/mol. The number of hydrogen-bond donors (Lipinski definition) is 2. The second-order valence-electron chi connectivity index (χ2n) is 3.76. The highest BCUT2D eigenvalue weighted by molar-refractivity contribution is 5.48. The zero-order valence-electron chi connectivity index (χ0n) is 10.5. The molecule has 0 aromatic carbocycles. The van der Waals surface area contributed by atoms with Gasteiger partial charge in [-0.3, -0.25) is 5.10 Å². The van der Waals surface area contributed by atoms with Gasteiger partial charge in [-0.15, -0.1) is 0 Å². The number of H-pyrrole nitrogens is 1. The summed E-state index contributed by atoms with van der Waals surface area (Å²) < 4.78 is 5.10. The molecule has 7 nitrogen and oxygen atoms in total.